The summed E-state index contributed by atoms with van der Waals surface area (Å²) in [5, 5.41) is 5.78. The van der Waals surface area contributed by atoms with Crippen LogP contribution in [0.1, 0.15) is 0 Å². The molecule has 0 saturated carbocycles. The van der Waals surface area contributed by atoms with Gasteiger partial charge in [0, 0.05) is 12.4 Å². The lowest BCUT2D eigenvalue weighted by molar-refractivity contribution is 1.12. The van der Waals surface area contributed by atoms with Gasteiger partial charge in [0.2, 0.25) is 0 Å². The minimum Gasteiger partial charge on any atom is -0.369 e. The molecule has 1 aliphatic rings. The molecule has 0 atom stereocenters. The summed E-state index contributed by atoms with van der Waals surface area (Å²) in [6, 6.07) is 0. The van der Waals surface area contributed by atoms with Gasteiger partial charge in [0.25, 0.3) is 0 Å². The summed E-state index contributed by atoms with van der Waals surface area (Å²) in [5.41, 5.74) is 0. The van der Waals surface area contributed by atoms with E-state index in [-0.39, 0.29) is 0 Å². The number of hydrogen-bond acceptors (Lipinski definition) is 4. The highest BCUT2D eigenvalue weighted by atomic mass is 32.1. The smallest absolute Gasteiger partial charge is 0.160 e. The second-order valence-electron chi connectivity index (χ2n) is 2.65. The van der Waals surface area contributed by atoms with Crippen LogP contribution in [0.15, 0.2) is 9.98 Å². The molecule has 16 heavy (non-hydrogen) atoms. The Morgan fingerprint density at radius 2 is 1.19 bits per heavy atom. The maximum absolute atomic E-state index is 5.00. The van der Waals surface area contributed by atoms with Crippen molar-refractivity contribution >= 4 is 81.3 Å². The van der Waals surface area contributed by atoms with Crippen LogP contribution in [0.25, 0.3) is 0 Å². The minimum absolute atomic E-state index is 0.347. The minimum atomic E-state index is 0.347. The Morgan fingerprint density at radius 1 is 0.812 bits per heavy atom. The third-order valence-electron chi connectivity index (χ3n) is 1.51. The molecule has 0 aromatic heterocycles. The Labute approximate surface area is 115 Å². The van der Waals surface area contributed by atoms with Gasteiger partial charge in [-0.1, -0.05) is 48.9 Å². The number of nitrogens with one attached hydrogen (secondary N) is 2. The molecular formula is C8H8N4S4. The Morgan fingerprint density at radius 3 is 1.56 bits per heavy atom. The lowest BCUT2D eigenvalue weighted by Gasteiger charge is -2.06. The Balaban J connectivity index is 2.74. The van der Waals surface area contributed by atoms with Crippen LogP contribution in [0.3, 0.4) is 0 Å². The molecule has 0 aromatic carbocycles. The van der Waals surface area contributed by atoms with E-state index in [1.807, 2.05) is 0 Å². The van der Waals surface area contributed by atoms with Gasteiger partial charge in [0.1, 0.15) is 9.98 Å². The van der Waals surface area contributed by atoms with Gasteiger partial charge in [-0.15, -0.1) is 0 Å². The highest BCUT2D eigenvalue weighted by Gasteiger charge is 2.03. The fraction of sp³-hybridized carbons (Fsp3) is 0.250. The zero-order valence-electron chi connectivity index (χ0n) is 8.10. The monoisotopic (exact) mass is 288 g/mol. The normalized spacial score (nSPS) is 18.5. The zero-order chi connectivity index (χ0) is 12.0. The summed E-state index contributed by atoms with van der Waals surface area (Å²) >= 11 is 20.0. The highest BCUT2D eigenvalue weighted by molar-refractivity contribution is 7.89. The van der Waals surface area contributed by atoms with Crippen molar-refractivity contribution in [3.8, 4) is 0 Å². The van der Waals surface area contributed by atoms with Gasteiger partial charge in [0.15, 0.2) is 9.98 Å². The van der Waals surface area contributed by atoms with E-state index in [0.29, 0.717) is 33.0 Å². The SMILES string of the molecule is S=C1N=CCNC(=S)C(=S)N=CCNC1=S. The lowest BCUT2D eigenvalue weighted by Crippen LogP contribution is -2.32. The van der Waals surface area contributed by atoms with Crippen LogP contribution in [-0.4, -0.2) is 45.5 Å². The Bertz CT molecular complexity index is 361. The van der Waals surface area contributed by atoms with Gasteiger partial charge < -0.3 is 10.6 Å². The van der Waals surface area contributed by atoms with E-state index in [0.717, 1.165) is 0 Å². The van der Waals surface area contributed by atoms with Crippen LogP contribution in [-0.2, 0) is 0 Å². The molecule has 1 rings (SSSR count). The van der Waals surface area contributed by atoms with E-state index in [2.05, 4.69) is 20.6 Å². The van der Waals surface area contributed by atoms with E-state index in [1.54, 1.807) is 12.4 Å². The van der Waals surface area contributed by atoms with Crippen LogP contribution in [0, 0.1) is 0 Å². The molecule has 0 fully saturated rings. The second-order valence-corrected chi connectivity index (χ2v) is 4.24. The number of thiocarbonyl (C=S) groups is 4. The molecule has 8 heteroatoms. The van der Waals surface area contributed by atoms with Crippen LogP contribution < -0.4 is 10.6 Å². The Kier molecular flexibility index (Phi) is 5.67. The van der Waals surface area contributed by atoms with Crippen molar-refractivity contribution in [2.75, 3.05) is 13.1 Å². The predicted molar refractivity (Wildman–Crippen MR) is 83.4 cm³/mol. The first-order valence-corrected chi connectivity index (χ1v) is 5.94. The summed E-state index contributed by atoms with van der Waals surface area (Å²) in [6.45, 7) is 0.883. The lowest BCUT2D eigenvalue weighted by atomic mass is 10.5. The average Bonchev–Trinajstić information content (AvgIpc) is 2.27. The highest BCUT2D eigenvalue weighted by Crippen LogP contribution is 1.87. The van der Waals surface area contributed by atoms with Gasteiger partial charge in [-0.05, 0) is 0 Å². The van der Waals surface area contributed by atoms with E-state index < -0.39 is 0 Å². The van der Waals surface area contributed by atoms with Crippen LogP contribution in [0.2, 0.25) is 0 Å². The standard InChI is InChI=1S/C8H8N4S4/c13-5-6(14)11-3-4-12-8(16)7(15)10-2-1-9-5/h1,4H,2-3H2,(H,10,15)(H,11,14). The van der Waals surface area contributed by atoms with Gasteiger partial charge in [-0.2, -0.15) is 0 Å². The summed E-state index contributed by atoms with van der Waals surface area (Å²) in [6.07, 6.45) is 3.19. The third-order valence-corrected chi connectivity index (χ3v) is 3.07. The molecule has 0 radical (unpaired) electrons. The van der Waals surface area contributed by atoms with Crippen molar-refractivity contribution < 1.29 is 0 Å². The van der Waals surface area contributed by atoms with Crippen molar-refractivity contribution in [2.24, 2.45) is 9.98 Å². The zero-order valence-corrected chi connectivity index (χ0v) is 11.4. The maximum atomic E-state index is 5.00. The molecule has 84 valence electrons. The molecule has 1 heterocycles. The molecule has 2 N–H and O–H groups in total. The first kappa shape index (κ1) is 13.4. The third kappa shape index (κ3) is 4.44. The summed E-state index contributed by atoms with van der Waals surface area (Å²) in [5.74, 6) is 0. The fourth-order valence-electron chi connectivity index (χ4n) is 0.802. The van der Waals surface area contributed by atoms with Crippen LogP contribution >= 0.6 is 48.9 Å². The van der Waals surface area contributed by atoms with E-state index in [4.69, 9.17) is 48.9 Å². The topological polar surface area (TPSA) is 48.8 Å². The summed E-state index contributed by atoms with van der Waals surface area (Å²) < 4.78 is 0. The first-order chi connectivity index (χ1) is 7.61. The molecule has 0 amide bonds. The van der Waals surface area contributed by atoms with Crippen molar-refractivity contribution in [3.05, 3.63) is 0 Å². The second kappa shape index (κ2) is 6.79. The molecule has 4 nitrogen and oxygen atoms in total. The molecule has 0 spiro atoms. The largest absolute Gasteiger partial charge is 0.369 e. The first-order valence-electron chi connectivity index (χ1n) is 4.30. The fourth-order valence-corrected chi connectivity index (χ4v) is 1.37. The predicted octanol–water partition coefficient (Wildman–Crippen LogP) is 0.630. The maximum Gasteiger partial charge on any atom is 0.160 e. The van der Waals surface area contributed by atoms with E-state index in [1.165, 1.54) is 0 Å². The number of aliphatic imine (C=N–C) groups is 2. The van der Waals surface area contributed by atoms with Gasteiger partial charge in [-0.3, -0.25) is 0 Å². The molecular weight excluding hydrogens is 280 g/mol. The van der Waals surface area contributed by atoms with E-state index in [9.17, 15) is 0 Å². The average molecular weight is 288 g/mol. The van der Waals surface area contributed by atoms with Crippen molar-refractivity contribution in [1.29, 1.82) is 0 Å². The van der Waals surface area contributed by atoms with Crippen molar-refractivity contribution in [3.63, 3.8) is 0 Å². The van der Waals surface area contributed by atoms with Crippen molar-refractivity contribution in [2.45, 2.75) is 0 Å². The number of rotatable bonds is 0. The molecule has 1 aliphatic heterocycles. The molecule has 0 bridgehead atoms. The van der Waals surface area contributed by atoms with Crippen LogP contribution in [0.4, 0.5) is 0 Å². The summed E-state index contributed by atoms with van der Waals surface area (Å²) in [4.78, 5) is 9.52. The number of nitrogens with zero attached hydrogens (tertiary/aromatic N) is 2. The van der Waals surface area contributed by atoms with E-state index >= 15 is 0 Å². The Hall–Kier alpha value is -0.700. The molecule has 0 unspecified atom stereocenters. The molecule has 0 aromatic rings. The number of hydrogen-bond donors (Lipinski definition) is 2. The van der Waals surface area contributed by atoms with Crippen molar-refractivity contribution in [1.82, 2.24) is 10.6 Å². The summed E-state index contributed by atoms with van der Waals surface area (Å²) in [7, 11) is 0. The molecule has 0 aliphatic carbocycles. The quantitative estimate of drug-likeness (QED) is 0.638. The van der Waals surface area contributed by atoms with Gasteiger partial charge in [0.05, 0.1) is 13.1 Å². The van der Waals surface area contributed by atoms with Gasteiger partial charge in [-0.25, -0.2) is 9.98 Å². The van der Waals surface area contributed by atoms with Gasteiger partial charge >= 0.3 is 0 Å². The molecule has 0 saturated heterocycles. The van der Waals surface area contributed by atoms with Crippen LogP contribution in [0.5, 0.6) is 0 Å².